The molecular weight excluding hydrogens is 560 g/mol. The van der Waals surface area contributed by atoms with Crippen molar-refractivity contribution in [2.45, 2.75) is 26.7 Å². The van der Waals surface area contributed by atoms with Crippen molar-refractivity contribution in [3.05, 3.63) is 106 Å². The lowest BCUT2D eigenvalue weighted by atomic mass is 10.1. The average molecular weight is 599 g/mol. The Morgan fingerprint density at radius 1 is 0.614 bits per heavy atom. The lowest BCUT2D eigenvalue weighted by Gasteiger charge is -2.12. The zero-order valence-electron chi connectivity index (χ0n) is 25.4. The Hall–Kier alpha value is -5.38. The summed E-state index contributed by atoms with van der Waals surface area (Å²) in [5.41, 5.74) is 1.91. The standard InChI is InChI=1S/C34H38N4O6/c1-5-17-35-33(41)29(21-23-9-7-11-27(19-23)43-3)37-31(39)25-13-15-26(16-14-25)32(40)38-30(34(42)36-18-6-2)22-24-10-8-12-28(20-24)44-4/h7-16,19-22H,5-6,17-18H2,1-4H3,(H,35,41)(H,36,42)(H,37,39)(H,38,40)/b29-21+,30-22+. The topological polar surface area (TPSA) is 135 Å². The van der Waals surface area contributed by atoms with Crippen LogP contribution in [0.5, 0.6) is 11.5 Å². The van der Waals surface area contributed by atoms with Crippen LogP contribution in [0, 0.1) is 0 Å². The van der Waals surface area contributed by atoms with Gasteiger partial charge in [-0.25, -0.2) is 0 Å². The normalized spacial score (nSPS) is 11.3. The van der Waals surface area contributed by atoms with Gasteiger partial charge in [0.25, 0.3) is 23.6 Å². The fourth-order valence-corrected chi connectivity index (χ4v) is 3.94. The Kier molecular flexibility index (Phi) is 12.7. The maximum Gasteiger partial charge on any atom is 0.267 e. The Labute approximate surface area is 257 Å². The van der Waals surface area contributed by atoms with Crippen molar-refractivity contribution in [1.29, 1.82) is 0 Å². The second-order valence-corrected chi connectivity index (χ2v) is 9.67. The fraction of sp³-hybridized carbons (Fsp3) is 0.235. The zero-order chi connectivity index (χ0) is 31.9. The van der Waals surface area contributed by atoms with Gasteiger partial charge in [0.15, 0.2) is 0 Å². The Morgan fingerprint density at radius 2 is 1.00 bits per heavy atom. The van der Waals surface area contributed by atoms with E-state index in [0.29, 0.717) is 35.7 Å². The zero-order valence-corrected chi connectivity index (χ0v) is 25.4. The first-order chi connectivity index (χ1) is 21.3. The van der Waals surface area contributed by atoms with E-state index in [4.69, 9.17) is 9.47 Å². The van der Waals surface area contributed by atoms with Crippen LogP contribution in [0.15, 0.2) is 84.2 Å². The summed E-state index contributed by atoms with van der Waals surface area (Å²) in [6.07, 6.45) is 4.58. The maximum absolute atomic E-state index is 13.1. The smallest absolute Gasteiger partial charge is 0.267 e. The molecule has 4 amide bonds. The molecule has 0 atom stereocenters. The predicted molar refractivity (Wildman–Crippen MR) is 170 cm³/mol. The molecule has 0 aliphatic carbocycles. The second kappa shape index (κ2) is 16.9. The van der Waals surface area contributed by atoms with Crippen LogP contribution < -0.4 is 30.7 Å². The number of amides is 4. The lowest BCUT2D eigenvalue weighted by molar-refractivity contribution is -0.118. The Balaban J connectivity index is 1.80. The van der Waals surface area contributed by atoms with E-state index in [1.54, 1.807) is 74.9 Å². The van der Waals surface area contributed by atoms with Crippen LogP contribution in [0.2, 0.25) is 0 Å². The summed E-state index contributed by atoms with van der Waals surface area (Å²) in [5.74, 6) is -0.717. The molecule has 230 valence electrons. The molecule has 3 rings (SSSR count). The molecule has 0 radical (unpaired) electrons. The van der Waals surface area contributed by atoms with Gasteiger partial charge in [0.1, 0.15) is 22.9 Å². The monoisotopic (exact) mass is 598 g/mol. The maximum atomic E-state index is 13.1. The molecule has 44 heavy (non-hydrogen) atoms. The Morgan fingerprint density at radius 3 is 1.34 bits per heavy atom. The summed E-state index contributed by atoms with van der Waals surface area (Å²) in [6.45, 7) is 4.74. The quantitative estimate of drug-likeness (QED) is 0.205. The van der Waals surface area contributed by atoms with E-state index < -0.39 is 23.6 Å². The largest absolute Gasteiger partial charge is 0.497 e. The molecule has 0 aliphatic heterocycles. The van der Waals surface area contributed by atoms with Crippen LogP contribution in [0.25, 0.3) is 12.2 Å². The summed E-state index contributed by atoms with van der Waals surface area (Å²) in [6, 6.07) is 20.1. The molecule has 4 N–H and O–H groups in total. The van der Waals surface area contributed by atoms with Crippen molar-refractivity contribution >= 4 is 35.8 Å². The highest BCUT2D eigenvalue weighted by Crippen LogP contribution is 2.17. The third kappa shape index (κ3) is 9.87. The number of rotatable bonds is 14. The van der Waals surface area contributed by atoms with Crippen LogP contribution in [0.4, 0.5) is 0 Å². The number of hydrogen-bond acceptors (Lipinski definition) is 6. The summed E-state index contributed by atoms with van der Waals surface area (Å²) >= 11 is 0. The summed E-state index contributed by atoms with van der Waals surface area (Å²) in [4.78, 5) is 51.9. The third-order valence-corrected chi connectivity index (χ3v) is 6.28. The lowest BCUT2D eigenvalue weighted by Crippen LogP contribution is -2.35. The highest BCUT2D eigenvalue weighted by Gasteiger charge is 2.17. The number of carbonyl (C=O) groups is 4. The van der Waals surface area contributed by atoms with Crippen LogP contribution >= 0.6 is 0 Å². The minimum absolute atomic E-state index is 0.0592. The van der Waals surface area contributed by atoms with Gasteiger partial charge >= 0.3 is 0 Å². The first-order valence-corrected chi connectivity index (χ1v) is 14.3. The van der Waals surface area contributed by atoms with E-state index in [1.807, 2.05) is 13.8 Å². The summed E-state index contributed by atoms with van der Waals surface area (Å²) < 4.78 is 10.5. The van der Waals surface area contributed by atoms with Gasteiger partial charge in [0.2, 0.25) is 0 Å². The molecule has 3 aromatic carbocycles. The molecule has 0 saturated heterocycles. The minimum atomic E-state index is -0.532. The van der Waals surface area contributed by atoms with Gasteiger partial charge in [-0.15, -0.1) is 0 Å². The van der Waals surface area contributed by atoms with E-state index in [9.17, 15) is 19.2 Å². The number of methoxy groups -OCH3 is 2. The van der Waals surface area contributed by atoms with Crippen molar-refractivity contribution in [2.75, 3.05) is 27.3 Å². The van der Waals surface area contributed by atoms with Gasteiger partial charge in [-0.05, 0) is 84.7 Å². The molecule has 0 aliphatic rings. The van der Waals surface area contributed by atoms with Gasteiger partial charge < -0.3 is 30.7 Å². The first-order valence-electron chi connectivity index (χ1n) is 14.3. The van der Waals surface area contributed by atoms with Crippen LogP contribution in [0.1, 0.15) is 58.5 Å². The number of ether oxygens (including phenoxy) is 2. The van der Waals surface area contributed by atoms with Crippen molar-refractivity contribution in [3.8, 4) is 11.5 Å². The molecule has 0 fully saturated rings. The van der Waals surface area contributed by atoms with Gasteiger partial charge in [-0.1, -0.05) is 38.1 Å². The molecule has 0 bridgehead atoms. The van der Waals surface area contributed by atoms with E-state index >= 15 is 0 Å². The Bertz CT molecular complexity index is 1410. The second-order valence-electron chi connectivity index (χ2n) is 9.67. The van der Waals surface area contributed by atoms with E-state index in [2.05, 4.69) is 21.3 Å². The number of nitrogens with one attached hydrogen (secondary N) is 4. The number of hydrogen-bond donors (Lipinski definition) is 4. The molecule has 0 unspecified atom stereocenters. The first kappa shape index (κ1) is 33.1. The van der Waals surface area contributed by atoms with E-state index in [-0.39, 0.29) is 22.5 Å². The van der Waals surface area contributed by atoms with E-state index in [1.165, 1.54) is 24.3 Å². The van der Waals surface area contributed by atoms with Crippen LogP contribution in [0.3, 0.4) is 0 Å². The molecule has 0 aromatic heterocycles. The average Bonchev–Trinajstić information content (AvgIpc) is 3.05. The third-order valence-electron chi connectivity index (χ3n) is 6.28. The SMILES string of the molecule is CCCNC(=O)/C(=C\c1cccc(OC)c1)NC(=O)c1ccc(C(=O)N/C(=C/c2cccc(OC)c2)C(=O)NCCC)cc1. The fourth-order valence-electron chi connectivity index (χ4n) is 3.94. The van der Waals surface area contributed by atoms with Gasteiger partial charge in [0, 0.05) is 24.2 Å². The summed E-state index contributed by atoms with van der Waals surface area (Å²) in [5, 5.41) is 10.9. The summed E-state index contributed by atoms with van der Waals surface area (Å²) in [7, 11) is 3.09. The highest BCUT2D eigenvalue weighted by molar-refractivity contribution is 6.07. The van der Waals surface area contributed by atoms with Gasteiger partial charge in [-0.2, -0.15) is 0 Å². The molecule has 0 saturated carbocycles. The van der Waals surface area contributed by atoms with Crippen molar-refractivity contribution in [2.24, 2.45) is 0 Å². The van der Waals surface area contributed by atoms with Crippen molar-refractivity contribution < 1.29 is 28.7 Å². The van der Waals surface area contributed by atoms with Crippen LogP contribution in [-0.4, -0.2) is 50.9 Å². The predicted octanol–water partition coefficient (Wildman–Crippen LogP) is 4.30. The van der Waals surface area contributed by atoms with Crippen molar-refractivity contribution in [3.63, 3.8) is 0 Å². The molecule has 10 nitrogen and oxygen atoms in total. The molecule has 0 heterocycles. The number of benzene rings is 3. The van der Waals surface area contributed by atoms with Gasteiger partial charge in [-0.3, -0.25) is 19.2 Å². The van der Waals surface area contributed by atoms with Crippen molar-refractivity contribution in [1.82, 2.24) is 21.3 Å². The van der Waals surface area contributed by atoms with Crippen LogP contribution in [-0.2, 0) is 9.59 Å². The molecular formula is C34H38N4O6. The van der Waals surface area contributed by atoms with Gasteiger partial charge in [0.05, 0.1) is 14.2 Å². The highest BCUT2D eigenvalue weighted by atomic mass is 16.5. The minimum Gasteiger partial charge on any atom is -0.497 e. The molecule has 3 aromatic rings. The van der Waals surface area contributed by atoms with E-state index in [0.717, 1.165) is 12.8 Å². The number of carbonyl (C=O) groups excluding carboxylic acids is 4. The molecule has 0 spiro atoms. The molecule has 10 heteroatoms.